The van der Waals surface area contributed by atoms with Crippen LogP contribution >= 0.6 is 0 Å². The summed E-state index contributed by atoms with van der Waals surface area (Å²) >= 11 is 0. The van der Waals surface area contributed by atoms with Crippen molar-refractivity contribution in [2.75, 3.05) is 18.5 Å². The second-order valence-electron chi connectivity index (χ2n) is 7.77. The highest BCUT2D eigenvalue weighted by Gasteiger charge is 2.39. The van der Waals surface area contributed by atoms with Crippen molar-refractivity contribution < 1.29 is 14.3 Å². The molecule has 0 saturated carbocycles. The predicted molar refractivity (Wildman–Crippen MR) is 116 cm³/mol. The fraction of sp³-hybridized carbons (Fsp3) is 0.333. The molecule has 3 rings (SSSR count). The molecule has 0 aromatic heterocycles. The first kappa shape index (κ1) is 20.6. The molecular weight excluding hydrogens is 364 g/mol. The van der Waals surface area contributed by atoms with Crippen LogP contribution in [-0.4, -0.2) is 29.9 Å². The van der Waals surface area contributed by atoms with Gasteiger partial charge >= 0.3 is 0 Å². The summed E-state index contributed by atoms with van der Waals surface area (Å²) in [6.45, 7) is 10.8. The Morgan fingerprint density at radius 1 is 1.00 bits per heavy atom. The Kier molecular flexibility index (Phi) is 6.06. The van der Waals surface area contributed by atoms with E-state index < -0.39 is 0 Å². The maximum Gasteiger partial charge on any atom is 0.278 e. The predicted octanol–water partition coefficient (Wildman–Crippen LogP) is 4.55. The van der Waals surface area contributed by atoms with Crippen LogP contribution in [0.15, 0.2) is 48.2 Å². The smallest absolute Gasteiger partial charge is 0.278 e. The first-order valence-electron chi connectivity index (χ1n) is 9.99. The molecule has 0 aliphatic carbocycles. The molecule has 2 aromatic rings. The molecule has 0 radical (unpaired) electrons. The van der Waals surface area contributed by atoms with E-state index in [4.69, 9.17) is 4.74 Å². The molecule has 1 aliphatic heterocycles. The second-order valence-corrected chi connectivity index (χ2v) is 7.77. The maximum atomic E-state index is 13.2. The SMILES string of the molecule is CCOc1ccc(C2=C(Nc3cc(C)ccc3C)C(=O)N(CC(C)C)C2=O)cc1. The molecule has 5 heteroatoms. The van der Waals surface area contributed by atoms with Gasteiger partial charge in [0.25, 0.3) is 11.8 Å². The molecule has 5 nitrogen and oxygen atoms in total. The van der Waals surface area contributed by atoms with E-state index in [1.165, 1.54) is 4.90 Å². The Morgan fingerprint density at radius 3 is 2.31 bits per heavy atom. The highest BCUT2D eigenvalue weighted by Crippen LogP contribution is 2.32. The fourth-order valence-electron chi connectivity index (χ4n) is 3.38. The fourth-order valence-corrected chi connectivity index (χ4v) is 3.38. The van der Waals surface area contributed by atoms with Crippen LogP contribution in [0.25, 0.3) is 5.57 Å². The topological polar surface area (TPSA) is 58.6 Å². The maximum absolute atomic E-state index is 13.2. The Labute approximate surface area is 172 Å². The lowest BCUT2D eigenvalue weighted by molar-refractivity contribution is -0.137. The number of aryl methyl sites for hydroxylation is 2. The van der Waals surface area contributed by atoms with E-state index in [9.17, 15) is 9.59 Å². The molecule has 1 heterocycles. The zero-order valence-electron chi connectivity index (χ0n) is 17.7. The summed E-state index contributed by atoms with van der Waals surface area (Å²) in [7, 11) is 0. The number of ether oxygens (including phenoxy) is 1. The van der Waals surface area contributed by atoms with Crippen LogP contribution in [-0.2, 0) is 9.59 Å². The third-order valence-corrected chi connectivity index (χ3v) is 4.82. The highest BCUT2D eigenvalue weighted by molar-refractivity contribution is 6.36. The number of anilines is 1. The minimum atomic E-state index is -0.284. The van der Waals surface area contributed by atoms with Crippen LogP contribution in [0.2, 0.25) is 0 Å². The molecule has 0 fully saturated rings. The van der Waals surface area contributed by atoms with Gasteiger partial charge in [0.1, 0.15) is 11.4 Å². The minimum absolute atomic E-state index is 0.185. The van der Waals surface area contributed by atoms with E-state index in [1.54, 1.807) is 0 Å². The zero-order valence-corrected chi connectivity index (χ0v) is 17.7. The molecule has 2 amide bonds. The number of nitrogens with zero attached hydrogens (tertiary/aromatic N) is 1. The van der Waals surface area contributed by atoms with E-state index >= 15 is 0 Å². The number of carbonyl (C=O) groups is 2. The number of hydrogen-bond acceptors (Lipinski definition) is 4. The van der Waals surface area contributed by atoms with Gasteiger partial charge in [0, 0.05) is 12.2 Å². The standard InChI is InChI=1S/C24H28N2O3/c1-6-29-19-11-9-18(10-12-19)21-22(24(28)26(23(21)27)14-15(2)3)25-20-13-16(4)7-8-17(20)5/h7-13,15,25H,6,14H2,1-5H3. The van der Waals surface area contributed by atoms with Gasteiger partial charge in [-0.2, -0.15) is 0 Å². The molecule has 1 N–H and O–H groups in total. The van der Waals surface area contributed by atoms with Gasteiger partial charge < -0.3 is 10.1 Å². The van der Waals surface area contributed by atoms with Gasteiger partial charge in [0.15, 0.2) is 0 Å². The summed E-state index contributed by atoms with van der Waals surface area (Å²) < 4.78 is 5.50. The minimum Gasteiger partial charge on any atom is -0.494 e. The molecule has 1 aliphatic rings. The van der Waals surface area contributed by atoms with Gasteiger partial charge in [-0.1, -0.05) is 38.1 Å². The largest absolute Gasteiger partial charge is 0.494 e. The summed E-state index contributed by atoms with van der Waals surface area (Å²) in [6, 6.07) is 13.3. The van der Waals surface area contributed by atoms with E-state index in [1.807, 2.05) is 77.1 Å². The Morgan fingerprint density at radius 2 is 1.69 bits per heavy atom. The third kappa shape index (κ3) is 4.34. The van der Waals surface area contributed by atoms with Crippen molar-refractivity contribution in [2.24, 2.45) is 5.92 Å². The lowest BCUT2D eigenvalue weighted by Gasteiger charge is -2.17. The lowest BCUT2D eigenvalue weighted by Crippen LogP contribution is -2.35. The van der Waals surface area contributed by atoms with Gasteiger partial charge in [0.05, 0.1) is 12.2 Å². The molecule has 152 valence electrons. The van der Waals surface area contributed by atoms with Crippen LogP contribution in [0.4, 0.5) is 5.69 Å². The molecule has 0 bridgehead atoms. The molecule has 0 atom stereocenters. The normalized spacial score (nSPS) is 14.2. The Bertz CT molecular complexity index is 959. The Balaban J connectivity index is 2.06. The number of amides is 2. The van der Waals surface area contributed by atoms with Crippen molar-refractivity contribution in [2.45, 2.75) is 34.6 Å². The summed E-state index contributed by atoms with van der Waals surface area (Å²) in [5.41, 5.74) is 4.35. The van der Waals surface area contributed by atoms with Crippen LogP contribution in [0.1, 0.15) is 37.5 Å². The van der Waals surface area contributed by atoms with Gasteiger partial charge in [0.2, 0.25) is 0 Å². The van der Waals surface area contributed by atoms with E-state index in [0.29, 0.717) is 30.0 Å². The Hall–Kier alpha value is -3.08. The van der Waals surface area contributed by atoms with E-state index in [-0.39, 0.29) is 17.7 Å². The molecule has 2 aromatic carbocycles. The average molecular weight is 392 g/mol. The quantitative estimate of drug-likeness (QED) is 0.702. The van der Waals surface area contributed by atoms with Crippen LogP contribution in [0.5, 0.6) is 5.75 Å². The monoisotopic (exact) mass is 392 g/mol. The molecule has 29 heavy (non-hydrogen) atoms. The highest BCUT2D eigenvalue weighted by atomic mass is 16.5. The number of benzene rings is 2. The summed E-state index contributed by atoms with van der Waals surface area (Å²) in [6.07, 6.45) is 0. The number of rotatable bonds is 7. The first-order chi connectivity index (χ1) is 13.8. The van der Waals surface area contributed by atoms with Crippen LogP contribution in [0, 0.1) is 19.8 Å². The number of carbonyl (C=O) groups excluding carboxylic acids is 2. The first-order valence-corrected chi connectivity index (χ1v) is 9.99. The molecular formula is C24H28N2O3. The molecule has 0 unspecified atom stereocenters. The van der Waals surface area contributed by atoms with Crippen molar-refractivity contribution >= 4 is 23.1 Å². The van der Waals surface area contributed by atoms with Crippen LogP contribution in [0.3, 0.4) is 0 Å². The van der Waals surface area contributed by atoms with Gasteiger partial charge in [-0.15, -0.1) is 0 Å². The zero-order chi connectivity index (χ0) is 21.1. The van der Waals surface area contributed by atoms with Crippen molar-refractivity contribution in [1.29, 1.82) is 0 Å². The summed E-state index contributed by atoms with van der Waals surface area (Å²) in [4.78, 5) is 27.7. The van der Waals surface area contributed by atoms with Crippen molar-refractivity contribution in [3.05, 3.63) is 64.9 Å². The molecule has 0 saturated heterocycles. The van der Waals surface area contributed by atoms with Crippen LogP contribution < -0.4 is 10.1 Å². The summed E-state index contributed by atoms with van der Waals surface area (Å²) in [5, 5.41) is 3.26. The van der Waals surface area contributed by atoms with Crippen molar-refractivity contribution in [1.82, 2.24) is 4.90 Å². The lowest BCUT2D eigenvalue weighted by atomic mass is 10.0. The third-order valence-electron chi connectivity index (χ3n) is 4.82. The second kappa shape index (κ2) is 8.52. The van der Waals surface area contributed by atoms with Gasteiger partial charge in [-0.05, 0) is 61.6 Å². The van der Waals surface area contributed by atoms with Gasteiger partial charge in [-0.25, -0.2) is 0 Å². The van der Waals surface area contributed by atoms with E-state index in [2.05, 4.69) is 5.32 Å². The van der Waals surface area contributed by atoms with Crippen molar-refractivity contribution in [3.63, 3.8) is 0 Å². The van der Waals surface area contributed by atoms with Gasteiger partial charge in [-0.3, -0.25) is 14.5 Å². The molecule has 0 spiro atoms. The number of imide groups is 1. The number of nitrogens with one attached hydrogen (secondary N) is 1. The van der Waals surface area contributed by atoms with Crippen molar-refractivity contribution in [3.8, 4) is 5.75 Å². The average Bonchev–Trinajstić information content (AvgIpc) is 2.90. The van der Waals surface area contributed by atoms with E-state index in [0.717, 1.165) is 22.6 Å². The number of hydrogen-bond donors (Lipinski definition) is 1. The summed E-state index contributed by atoms with van der Waals surface area (Å²) in [5.74, 6) is 0.371.